The van der Waals surface area contributed by atoms with Crippen LogP contribution < -0.4 is 15.8 Å². The highest BCUT2D eigenvalue weighted by Gasteiger charge is 2.34. The average molecular weight is 585 g/mol. The van der Waals surface area contributed by atoms with Crippen LogP contribution in [0.25, 0.3) is 44.5 Å². The molecule has 12 nitrogen and oxygen atoms in total. The predicted octanol–water partition coefficient (Wildman–Crippen LogP) is 5.13. The number of nitrogens with one attached hydrogen (secondary N) is 2. The van der Waals surface area contributed by atoms with Gasteiger partial charge in [-0.25, -0.2) is 14.6 Å². The van der Waals surface area contributed by atoms with E-state index in [1.54, 1.807) is 17.9 Å². The molecule has 43 heavy (non-hydrogen) atoms. The maximum absolute atomic E-state index is 13.4. The summed E-state index contributed by atoms with van der Waals surface area (Å²) < 4.78 is 24.0. The third-order valence-electron chi connectivity index (χ3n) is 8.65. The highest BCUT2D eigenvalue weighted by Crippen LogP contribution is 2.46. The van der Waals surface area contributed by atoms with Gasteiger partial charge in [0, 0.05) is 17.6 Å². The molecule has 2 atom stereocenters. The lowest BCUT2D eigenvalue weighted by Gasteiger charge is -2.18. The number of ether oxygens (including phenoxy) is 3. The zero-order valence-corrected chi connectivity index (χ0v) is 24.6. The van der Waals surface area contributed by atoms with Gasteiger partial charge in [0.2, 0.25) is 5.88 Å². The van der Waals surface area contributed by atoms with Crippen molar-refractivity contribution in [2.45, 2.75) is 64.3 Å². The fourth-order valence-electron chi connectivity index (χ4n) is 6.64. The van der Waals surface area contributed by atoms with E-state index in [1.165, 1.54) is 7.11 Å². The maximum Gasteiger partial charge on any atom is 0.420 e. The molecule has 0 unspecified atom stereocenters. The molecule has 1 aliphatic heterocycles. The third kappa shape index (κ3) is 4.35. The Morgan fingerprint density at radius 3 is 2.81 bits per heavy atom. The Balaban J connectivity index is 1.50. The molecule has 0 radical (unpaired) electrons. The van der Waals surface area contributed by atoms with Gasteiger partial charge in [-0.15, -0.1) is 5.10 Å². The number of carbonyl (C=O) groups is 1. The van der Waals surface area contributed by atoms with Crippen LogP contribution in [-0.4, -0.2) is 51.1 Å². The molecule has 1 aliphatic carbocycles. The Morgan fingerprint density at radius 1 is 1.19 bits per heavy atom. The highest BCUT2D eigenvalue weighted by molar-refractivity contribution is 6.14. The summed E-state index contributed by atoms with van der Waals surface area (Å²) in [5.41, 5.74) is 7.39. The van der Waals surface area contributed by atoms with Gasteiger partial charge in [-0.3, -0.25) is 4.57 Å². The zero-order chi connectivity index (χ0) is 30.0. The molecule has 12 heteroatoms. The Kier molecular flexibility index (Phi) is 6.27. The quantitative estimate of drug-likeness (QED) is 0.287. The lowest BCUT2D eigenvalue weighted by atomic mass is 9.91. The number of aromatic nitrogens is 5. The van der Waals surface area contributed by atoms with Crippen LogP contribution >= 0.6 is 0 Å². The fourth-order valence-corrected chi connectivity index (χ4v) is 6.64. The van der Waals surface area contributed by atoms with Crippen molar-refractivity contribution in [2.24, 2.45) is 0 Å². The zero-order valence-electron chi connectivity index (χ0n) is 24.6. The molecule has 2 N–H and O–H groups in total. The number of pyridine rings is 1. The first-order valence-corrected chi connectivity index (χ1v) is 14.2. The largest absolute Gasteiger partial charge is 0.479 e. The number of fused-ring (bicyclic) bond motifs is 4. The van der Waals surface area contributed by atoms with E-state index in [-0.39, 0.29) is 17.7 Å². The molecule has 0 bridgehead atoms. The van der Waals surface area contributed by atoms with E-state index in [4.69, 9.17) is 18.6 Å². The van der Waals surface area contributed by atoms with Crippen LogP contribution in [0.5, 0.6) is 5.88 Å². The average Bonchev–Trinajstić information content (AvgIpc) is 3.75. The number of alkyl carbamates (subject to hydrolysis) is 1. The lowest BCUT2D eigenvalue weighted by Crippen LogP contribution is -2.33. The van der Waals surface area contributed by atoms with Gasteiger partial charge >= 0.3 is 11.8 Å². The van der Waals surface area contributed by atoms with Crippen LogP contribution in [0.3, 0.4) is 0 Å². The number of hydrogen-bond acceptors (Lipinski definition) is 9. The second-order valence-corrected chi connectivity index (χ2v) is 11.7. The number of rotatable bonds is 5. The van der Waals surface area contributed by atoms with Crippen molar-refractivity contribution in [1.82, 2.24) is 30.0 Å². The first-order valence-electron chi connectivity index (χ1n) is 14.2. The highest BCUT2D eigenvalue weighted by atomic mass is 16.5. The number of carbonyl (C=O) groups excluding carboxylic acids is 1. The van der Waals surface area contributed by atoms with Gasteiger partial charge < -0.3 is 28.9 Å². The van der Waals surface area contributed by atoms with E-state index in [0.29, 0.717) is 54.1 Å². The molecule has 1 fully saturated rings. The Labute approximate surface area is 246 Å². The van der Waals surface area contributed by atoms with Crippen molar-refractivity contribution >= 4 is 28.2 Å². The number of amides is 1. The maximum atomic E-state index is 13.4. The molecule has 4 aromatic heterocycles. The summed E-state index contributed by atoms with van der Waals surface area (Å²) in [4.78, 5) is 33.5. The summed E-state index contributed by atoms with van der Waals surface area (Å²) in [7, 11) is 2.90. The van der Waals surface area contributed by atoms with Crippen LogP contribution in [0, 0.1) is 6.92 Å². The molecule has 0 spiro atoms. The minimum atomic E-state index is -0.488. The molecule has 1 amide bonds. The molecule has 222 valence electrons. The van der Waals surface area contributed by atoms with Gasteiger partial charge in [0.25, 0.3) is 0 Å². The summed E-state index contributed by atoms with van der Waals surface area (Å²) in [6.07, 6.45) is 3.04. The number of aromatic amines is 1. The number of hydrogen-bond donors (Lipinski definition) is 2. The van der Waals surface area contributed by atoms with Crippen LogP contribution in [-0.2, 0) is 21.7 Å². The second kappa shape index (κ2) is 9.94. The summed E-state index contributed by atoms with van der Waals surface area (Å²) in [6, 6.07) is 7.91. The van der Waals surface area contributed by atoms with E-state index in [2.05, 4.69) is 57.5 Å². The van der Waals surface area contributed by atoms with Gasteiger partial charge in [0.1, 0.15) is 11.2 Å². The monoisotopic (exact) mass is 584 g/mol. The Hall–Kier alpha value is -4.71. The number of methoxy groups -OCH3 is 2. The molecule has 7 rings (SSSR count). The molecule has 0 saturated heterocycles. The van der Waals surface area contributed by atoms with E-state index in [9.17, 15) is 9.59 Å². The van der Waals surface area contributed by atoms with E-state index < -0.39 is 11.8 Å². The number of H-pyrrole nitrogens is 1. The summed E-state index contributed by atoms with van der Waals surface area (Å²) in [6.45, 7) is 6.49. The summed E-state index contributed by atoms with van der Waals surface area (Å²) >= 11 is 0. The molecular weight excluding hydrogens is 552 g/mol. The molecular formula is C31H32N6O6. The minimum absolute atomic E-state index is 0.122. The third-order valence-corrected chi connectivity index (χ3v) is 8.65. The standard InChI is InChI=1S/C31H32N6O6/c1-15-10-20(28(40-4)36-35-15)25-23(16-6-9-21-17(11-16)14-42-31(21,2)3)24-26-22(13-32-27(24)34-25)43-30(39)37(26)19-8-7-18(12-19)33-29(38)41-5/h6,9-11,13,18-19H,7-8,12,14H2,1-5H3,(H,32,34)(H,33,38)/t18-,19-/m1/s1. The second-order valence-electron chi connectivity index (χ2n) is 11.7. The molecule has 5 aromatic rings. The van der Waals surface area contributed by atoms with E-state index >= 15 is 0 Å². The first kappa shape index (κ1) is 27.1. The number of aryl methyl sites for hydroxylation is 1. The van der Waals surface area contributed by atoms with Crippen LogP contribution in [0.15, 0.2) is 39.7 Å². The SMILES string of the molecule is COC(=O)N[C@@H]1CC[C@@H](n2c(=O)oc3cnc4[nH]c(-c5cc(C)nnc5OC)c(-c5ccc6c(c5)COC6(C)C)c4c32)C1. The minimum Gasteiger partial charge on any atom is -0.479 e. The molecule has 1 saturated carbocycles. The van der Waals surface area contributed by atoms with Crippen molar-refractivity contribution in [3.8, 4) is 28.3 Å². The Bertz CT molecular complexity index is 1970. The summed E-state index contributed by atoms with van der Waals surface area (Å²) in [5.74, 6) is -0.109. The van der Waals surface area contributed by atoms with Gasteiger partial charge in [-0.2, -0.15) is 5.10 Å². The van der Waals surface area contributed by atoms with Gasteiger partial charge in [-0.1, -0.05) is 12.1 Å². The van der Waals surface area contributed by atoms with Gasteiger partial charge in [0.15, 0.2) is 5.58 Å². The summed E-state index contributed by atoms with van der Waals surface area (Å²) in [5, 5.41) is 12.1. The van der Waals surface area contributed by atoms with E-state index in [0.717, 1.165) is 39.0 Å². The van der Waals surface area contributed by atoms with Gasteiger partial charge in [-0.05, 0) is 68.9 Å². The number of oxazole rings is 1. The van der Waals surface area contributed by atoms with Crippen molar-refractivity contribution in [2.75, 3.05) is 14.2 Å². The molecule has 5 heterocycles. The van der Waals surface area contributed by atoms with Gasteiger partial charge in [0.05, 0.1) is 55.0 Å². The van der Waals surface area contributed by atoms with Crippen molar-refractivity contribution in [3.63, 3.8) is 0 Å². The van der Waals surface area contributed by atoms with Crippen molar-refractivity contribution in [1.29, 1.82) is 0 Å². The van der Waals surface area contributed by atoms with Crippen molar-refractivity contribution < 1.29 is 23.4 Å². The number of benzene rings is 1. The normalized spacial score (nSPS) is 19.2. The van der Waals surface area contributed by atoms with Crippen LogP contribution in [0.2, 0.25) is 0 Å². The molecule has 2 aliphatic rings. The van der Waals surface area contributed by atoms with Crippen LogP contribution in [0.1, 0.15) is 56.0 Å². The topological polar surface area (TPSA) is 146 Å². The Morgan fingerprint density at radius 2 is 2.02 bits per heavy atom. The molecule has 1 aromatic carbocycles. The van der Waals surface area contributed by atoms with E-state index in [1.807, 2.05) is 13.0 Å². The predicted molar refractivity (Wildman–Crippen MR) is 158 cm³/mol. The fraction of sp³-hybridized carbons (Fsp3) is 0.387. The van der Waals surface area contributed by atoms with Crippen LogP contribution in [0.4, 0.5) is 4.79 Å². The first-order chi connectivity index (χ1) is 20.7. The lowest BCUT2D eigenvalue weighted by molar-refractivity contribution is -0.00789. The number of nitrogens with zero attached hydrogens (tertiary/aromatic N) is 4. The van der Waals surface area contributed by atoms with Crippen molar-refractivity contribution in [3.05, 3.63) is 57.8 Å². The smallest absolute Gasteiger partial charge is 0.420 e.